The van der Waals surface area contributed by atoms with Crippen LogP contribution in [0.2, 0.25) is 0 Å². The lowest BCUT2D eigenvalue weighted by molar-refractivity contribution is 0.0210. The van der Waals surface area contributed by atoms with Gasteiger partial charge in [-0.2, -0.15) is 5.26 Å². The molecule has 5 nitrogen and oxygen atoms in total. The zero-order valence-electron chi connectivity index (χ0n) is 15.8. The number of nitriles is 1. The van der Waals surface area contributed by atoms with E-state index in [9.17, 15) is 4.79 Å². The molecule has 27 heavy (non-hydrogen) atoms. The summed E-state index contributed by atoms with van der Waals surface area (Å²) in [4.78, 5) is 16.6. The van der Waals surface area contributed by atoms with Crippen molar-refractivity contribution in [2.24, 2.45) is 0 Å². The normalized spacial score (nSPS) is 20.1. The van der Waals surface area contributed by atoms with Gasteiger partial charge in [0, 0.05) is 31.7 Å². The van der Waals surface area contributed by atoms with Gasteiger partial charge >= 0.3 is 6.09 Å². The third kappa shape index (κ3) is 4.87. The Kier molecular flexibility index (Phi) is 6.10. The fourth-order valence-electron chi connectivity index (χ4n) is 3.52. The largest absolute Gasteiger partial charge is 0.445 e. The molecular formula is C22H25N3O2. The summed E-state index contributed by atoms with van der Waals surface area (Å²) in [5.41, 5.74) is 2.84. The molecule has 1 aliphatic rings. The SMILES string of the molecule is CC1CN(C(=O)OCc2ccccc2)CC(C)N1Cc1ccc(C#N)cc1. The number of hydrogen-bond acceptors (Lipinski definition) is 4. The van der Waals surface area contributed by atoms with Gasteiger partial charge in [-0.05, 0) is 37.1 Å². The molecule has 2 aromatic rings. The van der Waals surface area contributed by atoms with Gasteiger partial charge in [0.2, 0.25) is 0 Å². The maximum absolute atomic E-state index is 12.5. The highest BCUT2D eigenvalue weighted by Crippen LogP contribution is 2.20. The molecule has 5 heteroatoms. The molecule has 0 N–H and O–H groups in total. The topological polar surface area (TPSA) is 56.6 Å². The van der Waals surface area contributed by atoms with Crippen molar-refractivity contribution in [3.8, 4) is 6.07 Å². The minimum absolute atomic E-state index is 0.230. The van der Waals surface area contributed by atoms with Gasteiger partial charge < -0.3 is 9.64 Å². The van der Waals surface area contributed by atoms with E-state index >= 15 is 0 Å². The van der Waals surface area contributed by atoms with Gasteiger partial charge in [0.15, 0.2) is 0 Å². The number of hydrogen-bond donors (Lipinski definition) is 0. The number of carbonyl (C=O) groups excluding carboxylic acids is 1. The van der Waals surface area contributed by atoms with Crippen molar-refractivity contribution in [2.75, 3.05) is 13.1 Å². The first-order valence-corrected chi connectivity index (χ1v) is 9.27. The number of piperazine rings is 1. The van der Waals surface area contributed by atoms with Crippen molar-refractivity contribution in [3.05, 3.63) is 71.3 Å². The minimum Gasteiger partial charge on any atom is -0.445 e. The van der Waals surface area contributed by atoms with E-state index < -0.39 is 0 Å². The highest BCUT2D eigenvalue weighted by molar-refractivity contribution is 5.68. The summed E-state index contributed by atoms with van der Waals surface area (Å²) in [6, 6.07) is 20.0. The Morgan fingerprint density at radius 3 is 2.26 bits per heavy atom. The summed E-state index contributed by atoms with van der Waals surface area (Å²) >= 11 is 0. The standard InChI is InChI=1S/C22H25N3O2/c1-17-13-24(22(26)27-16-21-6-4-3-5-7-21)14-18(2)25(17)15-20-10-8-19(12-23)9-11-20/h3-11,17-18H,13-16H2,1-2H3. The Morgan fingerprint density at radius 1 is 1.04 bits per heavy atom. The first-order valence-electron chi connectivity index (χ1n) is 9.27. The van der Waals surface area contributed by atoms with Gasteiger partial charge in [-0.15, -0.1) is 0 Å². The number of rotatable bonds is 4. The van der Waals surface area contributed by atoms with Gasteiger partial charge in [-0.1, -0.05) is 42.5 Å². The van der Waals surface area contributed by atoms with Crippen LogP contribution in [0.5, 0.6) is 0 Å². The average molecular weight is 363 g/mol. The van der Waals surface area contributed by atoms with Crippen LogP contribution < -0.4 is 0 Å². The van der Waals surface area contributed by atoms with Crippen LogP contribution in [0.4, 0.5) is 4.79 Å². The molecule has 0 radical (unpaired) electrons. The second kappa shape index (κ2) is 8.70. The first kappa shape index (κ1) is 18.9. The van der Waals surface area contributed by atoms with Crippen LogP contribution in [0.3, 0.4) is 0 Å². The molecule has 1 saturated heterocycles. The summed E-state index contributed by atoms with van der Waals surface area (Å²) in [7, 11) is 0. The Hall–Kier alpha value is -2.84. The summed E-state index contributed by atoms with van der Waals surface area (Å²) in [6.45, 7) is 6.67. The summed E-state index contributed by atoms with van der Waals surface area (Å²) < 4.78 is 5.48. The van der Waals surface area contributed by atoms with E-state index in [0.717, 1.165) is 12.1 Å². The van der Waals surface area contributed by atoms with Crippen molar-refractivity contribution >= 4 is 6.09 Å². The quantitative estimate of drug-likeness (QED) is 0.829. The van der Waals surface area contributed by atoms with Gasteiger partial charge in [0.25, 0.3) is 0 Å². The van der Waals surface area contributed by atoms with E-state index in [0.29, 0.717) is 25.3 Å². The maximum Gasteiger partial charge on any atom is 0.410 e. The molecule has 0 aromatic heterocycles. The number of benzene rings is 2. The van der Waals surface area contributed by atoms with E-state index in [4.69, 9.17) is 10.00 Å². The van der Waals surface area contributed by atoms with Crippen molar-refractivity contribution in [1.29, 1.82) is 5.26 Å². The second-order valence-corrected chi connectivity index (χ2v) is 7.12. The van der Waals surface area contributed by atoms with E-state index in [-0.39, 0.29) is 18.2 Å². The molecule has 0 bridgehead atoms. The smallest absolute Gasteiger partial charge is 0.410 e. The van der Waals surface area contributed by atoms with Crippen LogP contribution in [-0.2, 0) is 17.9 Å². The molecule has 0 aliphatic carbocycles. The minimum atomic E-state index is -0.254. The van der Waals surface area contributed by atoms with Gasteiger partial charge in [0.05, 0.1) is 11.6 Å². The van der Waals surface area contributed by atoms with Crippen molar-refractivity contribution < 1.29 is 9.53 Å². The fraction of sp³-hybridized carbons (Fsp3) is 0.364. The van der Waals surface area contributed by atoms with Crippen LogP contribution in [0.15, 0.2) is 54.6 Å². The van der Waals surface area contributed by atoms with Crippen LogP contribution in [0.25, 0.3) is 0 Å². The van der Waals surface area contributed by atoms with Crippen molar-refractivity contribution in [1.82, 2.24) is 9.80 Å². The van der Waals surface area contributed by atoms with Crippen LogP contribution >= 0.6 is 0 Å². The molecule has 2 unspecified atom stereocenters. The van der Waals surface area contributed by atoms with E-state index in [2.05, 4.69) is 24.8 Å². The van der Waals surface area contributed by atoms with E-state index in [1.807, 2.05) is 54.6 Å². The highest BCUT2D eigenvalue weighted by Gasteiger charge is 2.32. The Balaban J connectivity index is 1.55. The lowest BCUT2D eigenvalue weighted by Crippen LogP contribution is -2.57. The molecule has 1 aliphatic heterocycles. The number of carbonyl (C=O) groups is 1. The van der Waals surface area contributed by atoms with Crippen LogP contribution in [0.1, 0.15) is 30.5 Å². The van der Waals surface area contributed by atoms with Gasteiger partial charge in [-0.25, -0.2) is 4.79 Å². The molecule has 0 spiro atoms. The Labute approximate surface area is 160 Å². The maximum atomic E-state index is 12.5. The molecule has 140 valence electrons. The second-order valence-electron chi connectivity index (χ2n) is 7.12. The monoisotopic (exact) mass is 363 g/mol. The van der Waals surface area contributed by atoms with E-state index in [1.165, 1.54) is 5.56 Å². The number of amides is 1. The molecule has 1 amide bonds. The molecule has 2 aromatic carbocycles. The predicted molar refractivity (Wildman–Crippen MR) is 104 cm³/mol. The summed E-state index contributed by atoms with van der Waals surface area (Å²) in [6.07, 6.45) is -0.254. The lowest BCUT2D eigenvalue weighted by Gasteiger charge is -2.44. The molecule has 3 rings (SSSR count). The summed E-state index contributed by atoms with van der Waals surface area (Å²) in [5, 5.41) is 8.92. The molecular weight excluding hydrogens is 338 g/mol. The lowest BCUT2D eigenvalue weighted by atomic mass is 10.1. The third-order valence-corrected chi connectivity index (χ3v) is 5.01. The predicted octanol–water partition coefficient (Wildman–Crippen LogP) is 3.79. The van der Waals surface area contributed by atoms with Crippen LogP contribution in [-0.4, -0.2) is 41.1 Å². The highest BCUT2D eigenvalue weighted by atomic mass is 16.6. The fourth-order valence-corrected chi connectivity index (χ4v) is 3.52. The average Bonchev–Trinajstić information content (AvgIpc) is 2.70. The van der Waals surface area contributed by atoms with Gasteiger partial charge in [0.1, 0.15) is 6.61 Å². The molecule has 1 fully saturated rings. The Bertz CT molecular complexity index is 787. The number of ether oxygens (including phenoxy) is 1. The summed E-state index contributed by atoms with van der Waals surface area (Å²) in [5.74, 6) is 0. The van der Waals surface area contributed by atoms with Crippen molar-refractivity contribution in [3.63, 3.8) is 0 Å². The Morgan fingerprint density at radius 2 is 1.67 bits per heavy atom. The van der Waals surface area contributed by atoms with Crippen molar-refractivity contribution in [2.45, 2.75) is 39.1 Å². The zero-order valence-corrected chi connectivity index (χ0v) is 15.8. The molecule has 0 saturated carbocycles. The molecule has 1 heterocycles. The molecule has 2 atom stereocenters. The van der Waals surface area contributed by atoms with E-state index in [1.54, 1.807) is 4.90 Å². The third-order valence-electron chi connectivity index (χ3n) is 5.01. The van der Waals surface area contributed by atoms with Gasteiger partial charge in [-0.3, -0.25) is 4.90 Å². The zero-order chi connectivity index (χ0) is 19.2. The van der Waals surface area contributed by atoms with Crippen LogP contribution in [0, 0.1) is 11.3 Å². The first-order chi connectivity index (χ1) is 13.1. The number of nitrogens with zero attached hydrogens (tertiary/aromatic N) is 3.